The van der Waals surface area contributed by atoms with Gasteiger partial charge in [0.25, 0.3) is 11.8 Å². The highest BCUT2D eigenvalue weighted by Crippen LogP contribution is 2.25. The third kappa shape index (κ3) is 6.68. The van der Waals surface area contributed by atoms with E-state index in [1.807, 2.05) is 6.07 Å². The lowest BCUT2D eigenvalue weighted by Crippen LogP contribution is -2.20. The van der Waals surface area contributed by atoms with E-state index in [1.54, 1.807) is 73.8 Å². The average molecular weight is 482 g/mol. The number of ether oxygens (including phenoxy) is 2. The molecule has 0 heterocycles. The standard InChI is InChI=1S/C23H20BrN3O4/c1-30-19-10-8-18(9-11-19)26-22(28)15-31-21-12-7-16(13-20(21)24)14-25-27-23(29)17-5-3-2-4-6-17/h2-14H,15H2,1H3,(H,26,28)(H,27,29)/b25-14+. The van der Waals surface area contributed by atoms with Crippen molar-refractivity contribution in [2.75, 3.05) is 19.0 Å². The van der Waals surface area contributed by atoms with Crippen LogP contribution in [0.3, 0.4) is 0 Å². The van der Waals surface area contributed by atoms with Gasteiger partial charge in [-0.1, -0.05) is 18.2 Å². The number of methoxy groups -OCH3 is 1. The molecule has 2 amide bonds. The maximum Gasteiger partial charge on any atom is 0.271 e. The summed E-state index contributed by atoms with van der Waals surface area (Å²) in [6, 6.07) is 21.1. The zero-order valence-electron chi connectivity index (χ0n) is 16.7. The Morgan fingerprint density at radius 1 is 1.03 bits per heavy atom. The van der Waals surface area contributed by atoms with E-state index in [9.17, 15) is 9.59 Å². The molecule has 0 saturated carbocycles. The highest BCUT2D eigenvalue weighted by atomic mass is 79.9. The van der Waals surface area contributed by atoms with Gasteiger partial charge in [0.2, 0.25) is 0 Å². The number of hydrazone groups is 1. The summed E-state index contributed by atoms with van der Waals surface area (Å²) in [5, 5.41) is 6.71. The van der Waals surface area contributed by atoms with E-state index in [0.717, 1.165) is 5.56 Å². The molecule has 0 spiro atoms. The van der Waals surface area contributed by atoms with E-state index in [-0.39, 0.29) is 18.4 Å². The summed E-state index contributed by atoms with van der Waals surface area (Å²) in [6.07, 6.45) is 1.52. The van der Waals surface area contributed by atoms with E-state index in [1.165, 1.54) is 6.21 Å². The molecule has 0 aliphatic rings. The molecule has 2 N–H and O–H groups in total. The van der Waals surface area contributed by atoms with Crippen LogP contribution in [-0.2, 0) is 4.79 Å². The molecule has 158 valence electrons. The van der Waals surface area contributed by atoms with Crippen molar-refractivity contribution in [1.82, 2.24) is 5.43 Å². The molecule has 3 rings (SSSR count). The van der Waals surface area contributed by atoms with Crippen molar-refractivity contribution in [3.8, 4) is 11.5 Å². The van der Waals surface area contributed by atoms with Crippen molar-refractivity contribution >= 4 is 39.6 Å². The van der Waals surface area contributed by atoms with Crippen molar-refractivity contribution in [3.05, 3.63) is 88.4 Å². The van der Waals surface area contributed by atoms with Gasteiger partial charge in [-0.2, -0.15) is 5.10 Å². The highest BCUT2D eigenvalue weighted by Gasteiger charge is 2.07. The molecule has 3 aromatic carbocycles. The Balaban J connectivity index is 1.50. The van der Waals surface area contributed by atoms with Crippen molar-refractivity contribution < 1.29 is 19.1 Å². The molecule has 0 aromatic heterocycles. The van der Waals surface area contributed by atoms with Gasteiger partial charge in [-0.3, -0.25) is 9.59 Å². The Hall–Kier alpha value is -3.65. The van der Waals surface area contributed by atoms with Crippen LogP contribution < -0.4 is 20.2 Å². The predicted octanol–water partition coefficient (Wildman–Crippen LogP) is 4.24. The molecule has 0 aliphatic heterocycles. The zero-order valence-corrected chi connectivity index (χ0v) is 18.3. The summed E-state index contributed by atoms with van der Waals surface area (Å²) < 4.78 is 11.3. The molecule has 0 bridgehead atoms. The molecule has 0 saturated heterocycles. The molecule has 31 heavy (non-hydrogen) atoms. The predicted molar refractivity (Wildman–Crippen MR) is 123 cm³/mol. The third-order valence-corrected chi connectivity index (χ3v) is 4.72. The number of carbonyl (C=O) groups is 2. The van der Waals surface area contributed by atoms with Gasteiger partial charge in [0, 0.05) is 11.3 Å². The minimum Gasteiger partial charge on any atom is -0.497 e. The van der Waals surface area contributed by atoms with Crippen molar-refractivity contribution in [1.29, 1.82) is 0 Å². The quantitative estimate of drug-likeness (QED) is 0.372. The first-order chi connectivity index (χ1) is 15.0. The fourth-order valence-corrected chi connectivity index (χ4v) is 3.06. The maximum atomic E-state index is 12.1. The van der Waals surface area contributed by atoms with Crippen molar-refractivity contribution in [2.45, 2.75) is 0 Å². The van der Waals surface area contributed by atoms with Gasteiger partial charge in [-0.15, -0.1) is 0 Å². The van der Waals surface area contributed by atoms with Crippen LogP contribution in [0.5, 0.6) is 11.5 Å². The number of hydrogen-bond donors (Lipinski definition) is 2. The molecular weight excluding hydrogens is 462 g/mol. The van der Waals surface area contributed by atoms with Gasteiger partial charge in [-0.25, -0.2) is 5.43 Å². The number of rotatable bonds is 8. The van der Waals surface area contributed by atoms with Crippen molar-refractivity contribution in [2.24, 2.45) is 5.10 Å². The summed E-state index contributed by atoms with van der Waals surface area (Å²) in [5.74, 6) is 0.641. The Morgan fingerprint density at radius 2 is 1.77 bits per heavy atom. The SMILES string of the molecule is COc1ccc(NC(=O)COc2ccc(/C=N/NC(=O)c3ccccc3)cc2Br)cc1. The van der Waals surface area contributed by atoms with Crippen LogP contribution in [0.15, 0.2) is 82.4 Å². The third-order valence-electron chi connectivity index (χ3n) is 4.10. The van der Waals surface area contributed by atoms with E-state index >= 15 is 0 Å². The topological polar surface area (TPSA) is 89.0 Å². The van der Waals surface area contributed by atoms with Crippen LogP contribution in [0.1, 0.15) is 15.9 Å². The van der Waals surface area contributed by atoms with Gasteiger partial charge in [0.15, 0.2) is 6.61 Å². The minimum absolute atomic E-state index is 0.148. The molecule has 7 nitrogen and oxygen atoms in total. The second-order valence-corrected chi connectivity index (χ2v) is 7.17. The lowest BCUT2D eigenvalue weighted by Gasteiger charge is -2.10. The summed E-state index contributed by atoms with van der Waals surface area (Å²) in [6.45, 7) is -0.148. The molecular formula is C23H20BrN3O4. The summed E-state index contributed by atoms with van der Waals surface area (Å²) in [4.78, 5) is 24.1. The Bertz CT molecular complexity index is 1070. The Labute approximate surface area is 188 Å². The lowest BCUT2D eigenvalue weighted by atomic mass is 10.2. The summed E-state index contributed by atoms with van der Waals surface area (Å²) in [7, 11) is 1.58. The smallest absolute Gasteiger partial charge is 0.271 e. The van der Waals surface area contributed by atoms with Crippen molar-refractivity contribution in [3.63, 3.8) is 0 Å². The molecule has 0 aliphatic carbocycles. The Morgan fingerprint density at radius 3 is 2.45 bits per heavy atom. The largest absolute Gasteiger partial charge is 0.497 e. The van der Waals surface area contributed by atoms with Crippen LogP contribution in [0.2, 0.25) is 0 Å². The first-order valence-electron chi connectivity index (χ1n) is 9.30. The number of nitrogens with zero attached hydrogens (tertiary/aromatic N) is 1. The number of hydrogen-bond acceptors (Lipinski definition) is 5. The summed E-state index contributed by atoms with van der Waals surface area (Å²) in [5.41, 5.74) is 4.40. The van der Waals surface area contributed by atoms with Gasteiger partial charge in [-0.05, 0) is 76.1 Å². The number of carbonyl (C=O) groups excluding carboxylic acids is 2. The molecule has 0 unspecified atom stereocenters. The summed E-state index contributed by atoms with van der Waals surface area (Å²) >= 11 is 3.42. The fraction of sp³-hybridized carbons (Fsp3) is 0.0870. The van der Waals surface area contributed by atoms with Crippen LogP contribution in [0.4, 0.5) is 5.69 Å². The molecule has 8 heteroatoms. The number of nitrogens with one attached hydrogen (secondary N) is 2. The fourth-order valence-electron chi connectivity index (χ4n) is 2.55. The van der Waals surface area contributed by atoms with Gasteiger partial charge >= 0.3 is 0 Å². The van der Waals surface area contributed by atoms with E-state index in [0.29, 0.717) is 27.2 Å². The maximum absolute atomic E-state index is 12.1. The molecule has 0 radical (unpaired) electrons. The van der Waals surface area contributed by atoms with E-state index in [4.69, 9.17) is 9.47 Å². The van der Waals surface area contributed by atoms with Crippen LogP contribution in [-0.4, -0.2) is 31.7 Å². The number of halogens is 1. The van der Waals surface area contributed by atoms with Gasteiger partial charge in [0.1, 0.15) is 11.5 Å². The first-order valence-corrected chi connectivity index (χ1v) is 10.1. The first kappa shape index (κ1) is 22.0. The van der Waals surface area contributed by atoms with Gasteiger partial charge in [0.05, 0.1) is 17.8 Å². The van der Waals surface area contributed by atoms with Crippen LogP contribution in [0.25, 0.3) is 0 Å². The average Bonchev–Trinajstić information content (AvgIpc) is 2.79. The zero-order chi connectivity index (χ0) is 22.1. The highest BCUT2D eigenvalue weighted by molar-refractivity contribution is 9.10. The Kier molecular flexibility index (Phi) is 7.78. The number of anilines is 1. The second-order valence-electron chi connectivity index (χ2n) is 6.32. The monoisotopic (exact) mass is 481 g/mol. The second kappa shape index (κ2) is 10.9. The van der Waals surface area contributed by atoms with Crippen LogP contribution in [0, 0.1) is 0 Å². The normalized spacial score (nSPS) is 10.5. The molecule has 0 fully saturated rings. The number of amides is 2. The molecule has 3 aromatic rings. The number of benzene rings is 3. The molecule has 0 atom stereocenters. The van der Waals surface area contributed by atoms with Gasteiger partial charge < -0.3 is 14.8 Å². The van der Waals surface area contributed by atoms with Crippen LogP contribution >= 0.6 is 15.9 Å². The van der Waals surface area contributed by atoms with E-state index < -0.39 is 0 Å². The lowest BCUT2D eigenvalue weighted by molar-refractivity contribution is -0.118. The van der Waals surface area contributed by atoms with E-state index in [2.05, 4.69) is 31.8 Å². The minimum atomic E-state index is -0.293.